The van der Waals surface area contributed by atoms with E-state index in [1.54, 1.807) is 6.26 Å². The number of aromatic nitrogens is 2. The molecular formula is C11H17F3N4S. The standard InChI is InChI=1S/C11H17F3N4S/c1-4-5-15-8-6-9(17-10(16-8)19-3)18(2)7-11(12,13)14/h6H,4-5,7H2,1-3H3,(H,15,16,17). The summed E-state index contributed by atoms with van der Waals surface area (Å²) in [6.07, 6.45) is -1.56. The fourth-order valence-electron chi connectivity index (χ4n) is 1.39. The number of hydrogen-bond donors (Lipinski definition) is 1. The van der Waals surface area contributed by atoms with E-state index >= 15 is 0 Å². The van der Waals surface area contributed by atoms with Crippen LogP contribution >= 0.6 is 11.8 Å². The summed E-state index contributed by atoms with van der Waals surface area (Å²) in [5, 5.41) is 3.50. The van der Waals surface area contributed by atoms with E-state index in [9.17, 15) is 13.2 Å². The summed E-state index contributed by atoms with van der Waals surface area (Å²) < 4.78 is 37.1. The van der Waals surface area contributed by atoms with Gasteiger partial charge in [-0.15, -0.1) is 0 Å². The first-order valence-corrected chi connectivity index (χ1v) is 7.03. The Balaban J connectivity index is 2.92. The second-order valence-electron chi connectivity index (χ2n) is 4.00. The molecule has 8 heteroatoms. The van der Waals surface area contributed by atoms with Gasteiger partial charge >= 0.3 is 6.18 Å². The molecule has 0 aliphatic carbocycles. The average molecular weight is 294 g/mol. The molecule has 0 spiro atoms. The number of rotatable bonds is 6. The van der Waals surface area contributed by atoms with Crippen molar-refractivity contribution in [2.75, 3.05) is 36.6 Å². The summed E-state index contributed by atoms with van der Waals surface area (Å²) in [4.78, 5) is 9.35. The SMILES string of the molecule is CCCNc1cc(N(C)CC(F)(F)F)nc(SC)n1. The lowest BCUT2D eigenvalue weighted by Gasteiger charge is -2.20. The van der Waals surface area contributed by atoms with E-state index in [-0.39, 0.29) is 5.82 Å². The van der Waals surface area contributed by atoms with Crippen molar-refractivity contribution in [3.63, 3.8) is 0 Å². The van der Waals surface area contributed by atoms with E-state index in [0.717, 1.165) is 11.3 Å². The van der Waals surface area contributed by atoms with Gasteiger partial charge in [0.25, 0.3) is 0 Å². The fraction of sp³-hybridized carbons (Fsp3) is 0.636. The molecule has 0 saturated carbocycles. The van der Waals surface area contributed by atoms with E-state index in [1.165, 1.54) is 24.9 Å². The highest BCUT2D eigenvalue weighted by atomic mass is 32.2. The van der Waals surface area contributed by atoms with Crippen LogP contribution in [0, 0.1) is 0 Å². The molecule has 0 aliphatic rings. The molecule has 0 amide bonds. The molecule has 1 heterocycles. The molecule has 1 aromatic heterocycles. The van der Waals surface area contributed by atoms with Crippen molar-refractivity contribution in [1.82, 2.24) is 9.97 Å². The van der Waals surface area contributed by atoms with Gasteiger partial charge in [-0.25, -0.2) is 9.97 Å². The number of hydrogen-bond acceptors (Lipinski definition) is 5. The predicted molar refractivity (Wildman–Crippen MR) is 71.9 cm³/mol. The van der Waals surface area contributed by atoms with Crippen molar-refractivity contribution in [2.24, 2.45) is 0 Å². The minimum Gasteiger partial charge on any atom is -0.370 e. The molecule has 4 nitrogen and oxygen atoms in total. The van der Waals surface area contributed by atoms with Crippen molar-refractivity contribution in [3.8, 4) is 0 Å². The molecule has 0 saturated heterocycles. The zero-order valence-electron chi connectivity index (χ0n) is 11.1. The van der Waals surface area contributed by atoms with Crippen LogP contribution in [0.15, 0.2) is 11.2 Å². The fourth-order valence-corrected chi connectivity index (χ4v) is 1.77. The molecule has 108 valence electrons. The van der Waals surface area contributed by atoms with Crippen LogP contribution in [0.4, 0.5) is 24.8 Å². The summed E-state index contributed by atoms with van der Waals surface area (Å²) in [6.45, 7) is 1.68. The van der Waals surface area contributed by atoms with Crippen LogP contribution in [-0.4, -0.2) is 42.5 Å². The molecule has 1 rings (SSSR count). The lowest BCUT2D eigenvalue weighted by atomic mass is 10.4. The Morgan fingerprint density at radius 2 is 2.05 bits per heavy atom. The maximum Gasteiger partial charge on any atom is 0.405 e. The Hall–Kier alpha value is -1.18. The highest BCUT2D eigenvalue weighted by Gasteiger charge is 2.30. The zero-order valence-corrected chi connectivity index (χ0v) is 11.9. The van der Waals surface area contributed by atoms with Gasteiger partial charge in [0.2, 0.25) is 0 Å². The van der Waals surface area contributed by atoms with Gasteiger partial charge in [-0.05, 0) is 12.7 Å². The maximum absolute atomic E-state index is 12.4. The quantitative estimate of drug-likeness (QED) is 0.645. The van der Waals surface area contributed by atoms with E-state index in [4.69, 9.17) is 0 Å². The molecule has 0 unspecified atom stereocenters. The molecule has 1 N–H and O–H groups in total. The molecule has 0 aliphatic heterocycles. The van der Waals surface area contributed by atoms with E-state index < -0.39 is 12.7 Å². The van der Waals surface area contributed by atoms with Crippen molar-refractivity contribution >= 4 is 23.4 Å². The van der Waals surface area contributed by atoms with Gasteiger partial charge < -0.3 is 10.2 Å². The third-order valence-corrected chi connectivity index (χ3v) is 2.79. The molecule has 0 radical (unpaired) electrons. The summed E-state index contributed by atoms with van der Waals surface area (Å²) in [6, 6.07) is 1.53. The Morgan fingerprint density at radius 3 is 2.58 bits per heavy atom. The number of anilines is 2. The van der Waals surface area contributed by atoms with Gasteiger partial charge in [0.15, 0.2) is 5.16 Å². The van der Waals surface area contributed by atoms with Crippen LogP contribution in [-0.2, 0) is 0 Å². The summed E-state index contributed by atoms with van der Waals surface area (Å²) in [7, 11) is 1.36. The Labute approximate surface area is 114 Å². The number of alkyl halides is 3. The molecule has 1 aromatic rings. The first kappa shape index (κ1) is 15.9. The third-order valence-electron chi connectivity index (χ3n) is 2.24. The summed E-state index contributed by atoms with van der Waals surface area (Å²) in [5.74, 6) is 0.806. The van der Waals surface area contributed by atoms with Crippen molar-refractivity contribution in [1.29, 1.82) is 0 Å². The minimum atomic E-state index is -4.25. The number of nitrogens with zero attached hydrogens (tertiary/aromatic N) is 3. The third kappa shape index (κ3) is 5.54. The van der Waals surface area contributed by atoms with Gasteiger partial charge in [-0.3, -0.25) is 0 Å². The molecule has 19 heavy (non-hydrogen) atoms. The zero-order chi connectivity index (χ0) is 14.5. The van der Waals surface area contributed by atoms with Crippen LogP contribution in [0.3, 0.4) is 0 Å². The van der Waals surface area contributed by atoms with Crippen LogP contribution in [0.2, 0.25) is 0 Å². The van der Waals surface area contributed by atoms with Crippen LogP contribution < -0.4 is 10.2 Å². The van der Waals surface area contributed by atoms with E-state index in [1.807, 2.05) is 6.92 Å². The topological polar surface area (TPSA) is 41.0 Å². The van der Waals surface area contributed by atoms with Crippen molar-refractivity contribution in [2.45, 2.75) is 24.7 Å². The van der Waals surface area contributed by atoms with Crippen LogP contribution in [0.25, 0.3) is 0 Å². The highest BCUT2D eigenvalue weighted by Crippen LogP contribution is 2.23. The second kappa shape index (κ2) is 6.83. The maximum atomic E-state index is 12.4. The van der Waals surface area contributed by atoms with Crippen LogP contribution in [0.5, 0.6) is 0 Å². The Kier molecular flexibility index (Phi) is 5.71. The number of halogens is 3. The first-order chi connectivity index (χ1) is 8.85. The molecular weight excluding hydrogens is 277 g/mol. The minimum absolute atomic E-state index is 0.260. The number of nitrogens with one attached hydrogen (secondary N) is 1. The predicted octanol–water partition coefficient (Wildman–Crippen LogP) is 3.02. The van der Waals surface area contributed by atoms with E-state index in [2.05, 4.69) is 15.3 Å². The van der Waals surface area contributed by atoms with Crippen LogP contribution in [0.1, 0.15) is 13.3 Å². The Morgan fingerprint density at radius 1 is 1.37 bits per heavy atom. The number of thioether (sulfide) groups is 1. The van der Waals surface area contributed by atoms with Gasteiger partial charge in [-0.1, -0.05) is 18.7 Å². The second-order valence-corrected chi connectivity index (χ2v) is 4.77. The van der Waals surface area contributed by atoms with Crippen molar-refractivity contribution in [3.05, 3.63) is 6.07 Å². The van der Waals surface area contributed by atoms with Crippen molar-refractivity contribution < 1.29 is 13.2 Å². The Bertz CT molecular complexity index is 411. The first-order valence-electron chi connectivity index (χ1n) is 5.80. The molecule has 0 fully saturated rings. The lowest BCUT2D eigenvalue weighted by Crippen LogP contribution is -2.31. The largest absolute Gasteiger partial charge is 0.405 e. The highest BCUT2D eigenvalue weighted by molar-refractivity contribution is 7.98. The summed E-state index contributed by atoms with van der Waals surface area (Å²) >= 11 is 1.30. The molecule has 0 atom stereocenters. The van der Waals surface area contributed by atoms with Gasteiger partial charge in [0.05, 0.1) is 0 Å². The van der Waals surface area contributed by atoms with Gasteiger partial charge in [0, 0.05) is 19.7 Å². The van der Waals surface area contributed by atoms with E-state index in [0.29, 0.717) is 17.5 Å². The molecule has 0 aromatic carbocycles. The molecule has 0 bridgehead atoms. The normalized spacial score (nSPS) is 11.5. The lowest BCUT2D eigenvalue weighted by molar-refractivity contribution is -0.119. The smallest absolute Gasteiger partial charge is 0.370 e. The van der Waals surface area contributed by atoms with Gasteiger partial charge in [-0.2, -0.15) is 13.2 Å². The summed E-state index contributed by atoms with van der Waals surface area (Å²) in [5.41, 5.74) is 0. The van der Waals surface area contributed by atoms with Gasteiger partial charge in [0.1, 0.15) is 18.2 Å². The monoisotopic (exact) mass is 294 g/mol. The average Bonchev–Trinajstić information content (AvgIpc) is 2.33.